The van der Waals surface area contributed by atoms with E-state index in [9.17, 15) is 14.9 Å². The van der Waals surface area contributed by atoms with E-state index in [-0.39, 0.29) is 18.1 Å². The van der Waals surface area contributed by atoms with Gasteiger partial charge in [0.25, 0.3) is 5.69 Å². The molecule has 0 saturated heterocycles. The normalized spacial score (nSPS) is 13.7. The summed E-state index contributed by atoms with van der Waals surface area (Å²) < 4.78 is 0. The number of nitrogens with two attached hydrogens (primary N) is 1. The minimum absolute atomic E-state index is 0.0115. The fourth-order valence-electron chi connectivity index (χ4n) is 1.74. The molecule has 0 aromatic heterocycles. The van der Waals surface area contributed by atoms with Gasteiger partial charge in [-0.2, -0.15) is 0 Å². The Balaban J connectivity index is 2.92. The second-order valence-corrected chi connectivity index (χ2v) is 4.82. The van der Waals surface area contributed by atoms with Crippen molar-refractivity contribution < 1.29 is 9.72 Å². The number of rotatable bonds is 5. The largest absolute Gasteiger partial charge is 0.340 e. The Bertz CT molecular complexity index is 486. The third-order valence-corrected chi connectivity index (χ3v) is 3.17. The van der Waals surface area contributed by atoms with Crippen LogP contribution in [0.3, 0.4) is 0 Å². The molecule has 0 aliphatic carbocycles. The van der Waals surface area contributed by atoms with Crippen LogP contribution < -0.4 is 5.73 Å². The molecule has 0 heterocycles. The minimum Gasteiger partial charge on any atom is -0.340 e. The van der Waals surface area contributed by atoms with Crippen molar-refractivity contribution in [3.63, 3.8) is 0 Å². The number of nitrogens with zero attached hydrogens (tertiary/aromatic N) is 2. The Kier molecular flexibility index (Phi) is 4.61. The zero-order chi connectivity index (χ0) is 14.6. The van der Waals surface area contributed by atoms with Crippen LogP contribution in [0.15, 0.2) is 24.3 Å². The Hall–Kier alpha value is -1.95. The summed E-state index contributed by atoms with van der Waals surface area (Å²) in [6.07, 6.45) is 0.507. The van der Waals surface area contributed by atoms with E-state index in [0.717, 1.165) is 0 Å². The lowest BCUT2D eigenvalue weighted by Crippen LogP contribution is -2.51. The quantitative estimate of drug-likeness (QED) is 0.648. The second-order valence-electron chi connectivity index (χ2n) is 4.82. The SMILES string of the molecule is CCC(C)(N)C(=O)N(C)Cc1ccccc1[N+](=O)[O-]. The molecule has 0 spiro atoms. The van der Waals surface area contributed by atoms with Gasteiger partial charge in [-0.1, -0.05) is 25.1 Å². The molecule has 0 radical (unpaired) electrons. The lowest BCUT2D eigenvalue weighted by Gasteiger charge is -2.28. The molecule has 0 saturated carbocycles. The highest BCUT2D eigenvalue weighted by Crippen LogP contribution is 2.20. The summed E-state index contributed by atoms with van der Waals surface area (Å²) in [4.78, 5) is 24.0. The number of nitro groups is 1. The van der Waals surface area contributed by atoms with Gasteiger partial charge in [0.2, 0.25) is 5.91 Å². The van der Waals surface area contributed by atoms with Crippen molar-refractivity contribution in [3.8, 4) is 0 Å². The van der Waals surface area contributed by atoms with E-state index in [0.29, 0.717) is 12.0 Å². The Labute approximate surface area is 112 Å². The molecule has 0 fully saturated rings. The maximum Gasteiger partial charge on any atom is 0.274 e. The topological polar surface area (TPSA) is 89.5 Å². The first kappa shape index (κ1) is 15.1. The molecular formula is C13H19N3O3. The van der Waals surface area contributed by atoms with Crippen LogP contribution >= 0.6 is 0 Å². The number of benzene rings is 1. The maximum absolute atomic E-state index is 12.1. The van der Waals surface area contributed by atoms with Gasteiger partial charge in [0.05, 0.1) is 17.0 Å². The molecular weight excluding hydrogens is 246 g/mol. The molecule has 1 rings (SSSR count). The number of likely N-dealkylation sites (N-methyl/N-ethyl adjacent to an activating group) is 1. The van der Waals surface area contributed by atoms with E-state index in [4.69, 9.17) is 5.73 Å². The summed E-state index contributed by atoms with van der Waals surface area (Å²) in [5.74, 6) is -0.229. The Morgan fingerprint density at radius 3 is 2.58 bits per heavy atom. The molecule has 1 atom stereocenters. The molecule has 19 heavy (non-hydrogen) atoms. The fraction of sp³-hybridized carbons (Fsp3) is 0.462. The van der Waals surface area contributed by atoms with Crippen LogP contribution in [0.4, 0.5) is 5.69 Å². The number of nitro benzene ring substituents is 1. The van der Waals surface area contributed by atoms with E-state index >= 15 is 0 Å². The van der Waals surface area contributed by atoms with Gasteiger partial charge >= 0.3 is 0 Å². The molecule has 1 amide bonds. The maximum atomic E-state index is 12.1. The zero-order valence-corrected chi connectivity index (χ0v) is 11.4. The Morgan fingerprint density at radius 1 is 1.47 bits per heavy atom. The molecule has 6 heteroatoms. The number of hydrogen-bond acceptors (Lipinski definition) is 4. The first-order valence-corrected chi connectivity index (χ1v) is 6.06. The zero-order valence-electron chi connectivity index (χ0n) is 11.4. The fourth-order valence-corrected chi connectivity index (χ4v) is 1.74. The van der Waals surface area contributed by atoms with Gasteiger partial charge in [0, 0.05) is 18.7 Å². The summed E-state index contributed by atoms with van der Waals surface area (Å²) in [6.45, 7) is 3.66. The van der Waals surface area contributed by atoms with E-state index in [2.05, 4.69) is 0 Å². The van der Waals surface area contributed by atoms with Crippen LogP contribution in [0.25, 0.3) is 0 Å². The summed E-state index contributed by atoms with van der Waals surface area (Å²) >= 11 is 0. The average molecular weight is 265 g/mol. The Morgan fingerprint density at radius 2 is 2.05 bits per heavy atom. The molecule has 1 aromatic carbocycles. The van der Waals surface area contributed by atoms with Gasteiger partial charge in [0.1, 0.15) is 0 Å². The number of para-hydroxylation sites is 1. The van der Waals surface area contributed by atoms with Crippen molar-refractivity contribution >= 4 is 11.6 Å². The van der Waals surface area contributed by atoms with Gasteiger partial charge in [-0.15, -0.1) is 0 Å². The van der Waals surface area contributed by atoms with Gasteiger partial charge in [-0.3, -0.25) is 14.9 Å². The summed E-state index contributed by atoms with van der Waals surface area (Å²) in [6, 6.07) is 6.38. The van der Waals surface area contributed by atoms with E-state index in [1.54, 1.807) is 32.2 Å². The molecule has 104 valence electrons. The smallest absolute Gasteiger partial charge is 0.274 e. The third-order valence-electron chi connectivity index (χ3n) is 3.17. The number of amides is 1. The standard InChI is InChI=1S/C13H19N3O3/c1-4-13(2,14)12(17)15(3)9-10-7-5-6-8-11(10)16(18)19/h5-8H,4,9,14H2,1-3H3. The molecule has 0 aliphatic heterocycles. The van der Waals surface area contributed by atoms with Crippen molar-refractivity contribution in [2.45, 2.75) is 32.4 Å². The number of carbonyl (C=O) groups excluding carboxylic acids is 1. The average Bonchev–Trinajstić information content (AvgIpc) is 2.38. The molecule has 1 unspecified atom stereocenters. The predicted octanol–water partition coefficient (Wildman–Crippen LogP) is 1.68. The number of carbonyl (C=O) groups is 1. The first-order chi connectivity index (χ1) is 8.79. The van der Waals surface area contributed by atoms with Crippen molar-refractivity contribution in [1.82, 2.24) is 4.90 Å². The molecule has 2 N–H and O–H groups in total. The van der Waals surface area contributed by atoms with Crippen molar-refractivity contribution in [1.29, 1.82) is 0 Å². The summed E-state index contributed by atoms with van der Waals surface area (Å²) in [5.41, 5.74) is 5.45. The lowest BCUT2D eigenvalue weighted by atomic mass is 9.98. The first-order valence-electron chi connectivity index (χ1n) is 6.06. The lowest BCUT2D eigenvalue weighted by molar-refractivity contribution is -0.385. The minimum atomic E-state index is -0.946. The van der Waals surface area contributed by atoms with Gasteiger partial charge in [0.15, 0.2) is 0 Å². The van der Waals surface area contributed by atoms with E-state index in [1.807, 2.05) is 6.92 Å². The van der Waals surface area contributed by atoms with Gasteiger partial charge < -0.3 is 10.6 Å². The molecule has 1 aromatic rings. The molecule has 6 nitrogen and oxygen atoms in total. The van der Waals surface area contributed by atoms with Crippen LogP contribution in [0.2, 0.25) is 0 Å². The van der Waals surface area contributed by atoms with Crippen LogP contribution in [-0.4, -0.2) is 28.3 Å². The highest BCUT2D eigenvalue weighted by Gasteiger charge is 2.29. The molecule has 0 aliphatic rings. The molecule has 0 bridgehead atoms. The van der Waals surface area contributed by atoms with Crippen LogP contribution in [0.1, 0.15) is 25.8 Å². The highest BCUT2D eigenvalue weighted by atomic mass is 16.6. The van der Waals surface area contributed by atoms with Crippen molar-refractivity contribution in [2.75, 3.05) is 7.05 Å². The van der Waals surface area contributed by atoms with Crippen LogP contribution in [-0.2, 0) is 11.3 Å². The van der Waals surface area contributed by atoms with Crippen LogP contribution in [0.5, 0.6) is 0 Å². The van der Waals surface area contributed by atoms with E-state index < -0.39 is 10.5 Å². The van der Waals surface area contributed by atoms with Crippen molar-refractivity contribution in [3.05, 3.63) is 39.9 Å². The van der Waals surface area contributed by atoms with Crippen molar-refractivity contribution in [2.24, 2.45) is 5.73 Å². The number of hydrogen-bond donors (Lipinski definition) is 1. The third kappa shape index (κ3) is 3.51. The van der Waals surface area contributed by atoms with Gasteiger partial charge in [-0.25, -0.2) is 0 Å². The van der Waals surface area contributed by atoms with E-state index in [1.165, 1.54) is 11.0 Å². The summed E-state index contributed by atoms with van der Waals surface area (Å²) in [7, 11) is 1.60. The van der Waals surface area contributed by atoms with Gasteiger partial charge in [-0.05, 0) is 13.3 Å². The monoisotopic (exact) mass is 265 g/mol. The summed E-state index contributed by atoms with van der Waals surface area (Å²) in [5, 5.41) is 10.9. The second kappa shape index (κ2) is 5.79. The highest BCUT2D eigenvalue weighted by molar-refractivity contribution is 5.85. The predicted molar refractivity (Wildman–Crippen MR) is 72.5 cm³/mol. The van der Waals surface area contributed by atoms with Crippen LogP contribution in [0, 0.1) is 10.1 Å².